The van der Waals surface area contributed by atoms with Gasteiger partial charge >= 0.3 is 0 Å². The SMILES string of the molecule is CCOc1cc(C(=O)NCC(O)c2ccc([N+](=O)[O-])cc2)ccc1OCCOc1ccccc1. The molecule has 3 aromatic carbocycles. The van der Waals surface area contributed by atoms with Gasteiger partial charge in [0.2, 0.25) is 0 Å². The van der Waals surface area contributed by atoms with Gasteiger partial charge in [-0.05, 0) is 55.0 Å². The number of nitrogens with zero attached hydrogens (tertiary/aromatic N) is 1. The zero-order valence-electron chi connectivity index (χ0n) is 18.7. The molecule has 34 heavy (non-hydrogen) atoms. The van der Waals surface area contributed by atoms with Crippen molar-refractivity contribution >= 4 is 11.6 Å². The van der Waals surface area contributed by atoms with Crippen molar-refractivity contribution in [1.82, 2.24) is 5.32 Å². The summed E-state index contributed by atoms with van der Waals surface area (Å²) in [5.74, 6) is 1.26. The van der Waals surface area contributed by atoms with E-state index in [1.807, 2.05) is 37.3 Å². The third kappa shape index (κ3) is 6.94. The zero-order valence-corrected chi connectivity index (χ0v) is 18.7. The van der Waals surface area contributed by atoms with Crippen LogP contribution in [0.15, 0.2) is 72.8 Å². The van der Waals surface area contributed by atoms with Crippen molar-refractivity contribution in [2.45, 2.75) is 13.0 Å². The molecule has 2 N–H and O–H groups in total. The summed E-state index contributed by atoms with van der Waals surface area (Å²) >= 11 is 0. The summed E-state index contributed by atoms with van der Waals surface area (Å²) in [6.45, 7) is 2.80. The third-order valence-electron chi connectivity index (χ3n) is 4.80. The van der Waals surface area contributed by atoms with E-state index in [0.717, 1.165) is 5.75 Å². The van der Waals surface area contributed by atoms with Crippen LogP contribution in [0.2, 0.25) is 0 Å². The fourth-order valence-corrected chi connectivity index (χ4v) is 3.09. The molecule has 0 bridgehead atoms. The predicted octanol–water partition coefficient (Wildman–Crippen LogP) is 3.91. The maximum atomic E-state index is 12.6. The standard InChI is InChI=1S/C25H26N2O7/c1-2-32-24-16-19(10-13-23(24)34-15-14-33-21-6-4-3-5-7-21)25(29)26-17-22(28)18-8-11-20(12-9-18)27(30)31/h3-13,16,22,28H,2,14-15,17H2,1H3,(H,26,29). The fourth-order valence-electron chi connectivity index (χ4n) is 3.09. The van der Waals surface area contributed by atoms with Crippen molar-refractivity contribution in [1.29, 1.82) is 0 Å². The summed E-state index contributed by atoms with van der Waals surface area (Å²) in [6.07, 6.45) is -1.01. The highest BCUT2D eigenvalue weighted by atomic mass is 16.6. The molecule has 0 aromatic heterocycles. The number of rotatable bonds is 12. The van der Waals surface area contributed by atoms with E-state index in [1.54, 1.807) is 18.2 Å². The highest BCUT2D eigenvalue weighted by Crippen LogP contribution is 2.28. The van der Waals surface area contributed by atoms with E-state index in [-0.39, 0.29) is 12.2 Å². The van der Waals surface area contributed by atoms with Crippen molar-refractivity contribution in [3.8, 4) is 17.2 Å². The number of nitro benzene ring substituents is 1. The molecule has 0 radical (unpaired) electrons. The molecule has 0 spiro atoms. The first-order chi connectivity index (χ1) is 16.5. The van der Waals surface area contributed by atoms with Gasteiger partial charge in [-0.1, -0.05) is 18.2 Å². The second kappa shape index (κ2) is 12.2. The lowest BCUT2D eigenvalue weighted by molar-refractivity contribution is -0.384. The molecule has 9 nitrogen and oxygen atoms in total. The van der Waals surface area contributed by atoms with Gasteiger partial charge in [0.15, 0.2) is 11.5 Å². The van der Waals surface area contributed by atoms with Crippen LogP contribution in [-0.4, -0.2) is 42.3 Å². The van der Waals surface area contributed by atoms with Gasteiger partial charge in [-0.3, -0.25) is 14.9 Å². The van der Waals surface area contributed by atoms with Crippen molar-refractivity contribution in [3.63, 3.8) is 0 Å². The molecule has 0 fully saturated rings. The summed E-state index contributed by atoms with van der Waals surface area (Å²) in [5, 5.41) is 23.7. The molecule has 1 atom stereocenters. The Bertz CT molecular complexity index is 1090. The molecule has 1 unspecified atom stereocenters. The topological polar surface area (TPSA) is 120 Å². The lowest BCUT2D eigenvalue weighted by Crippen LogP contribution is -2.28. The predicted molar refractivity (Wildman–Crippen MR) is 125 cm³/mol. The Labute approximate surface area is 197 Å². The summed E-state index contributed by atoms with van der Waals surface area (Å²) in [4.78, 5) is 22.8. The van der Waals surface area contributed by atoms with Crippen LogP contribution in [-0.2, 0) is 0 Å². The zero-order chi connectivity index (χ0) is 24.3. The molecule has 0 aliphatic carbocycles. The van der Waals surface area contributed by atoms with E-state index in [9.17, 15) is 20.0 Å². The lowest BCUT2D eigenvalue weighted by atomic mass is 10.1. The molecular formula is C25H26N2O7. The number of nitrogens with one attached hydrogen (secondary N) is 1. The van der Waals surface area contributed by atoms with Gasteiger partial charge in [0.05, 0.1) is 17.6 Å². The van der Waals surface area contributed by atoms with Crippen LogP contribution in [0.4, 0.5) is 5.69 Å². The van der Waals surface area contributed by atoms with E-state index in [2.05, 4.69) is 5.32 Å². The second-order valence-electron chi connectivity index (χ2n) is 7.18. The number of nitro groups is 1. The van der Waals surface area contributed by atoms with Crippen molar-refractivity contribution in [3.05, 3.63) is 94.0 Å². The number of carbonyl (C=O) groups excluding carboxylic acids is 1. The molecule has 3 aromatic rings. The van der Waals surface area contributed by atoms with Crippen LogP contribution in [0.25, 0.3) is 0 Å². The van der Waals surface area contributed by atoms with Crippen LogP contribution in [0.1, 0.15) is 28.9 Å². The van der Waals surface area contributed by atoms with Crippen LogP contribution in [0.5, 0.6) is 17.2 Å². The molecule has 0 aliphatic rings. The highest BCUT2D eigenvalue weighted by molar-refractivity contribution is 5.94. The van der Waals surface area contributed by atoms with Crippen molar-refractivity contribution in [2.24, 2.45) is 0 Å². The number of benzene rings is 3. The summed E-state index contributed by atoms with van der Waals surface area (Å²) < 4.78 is 17.0. The van der Waals surface area contributed by atoms with Crippen LogP contribution in [0.3, 0.4) is 0 Å². The average molecular weight is 466 g/mol. The van der Waals surface area contributed by atoms with Crippen molar-refractivity contribution < 1.29 is 29.0 Å². The van der Waals surface area contributed by atoms with E-state index in [4.69, 9.17) is 14.2 Å². The Morgan fingerprint density at radius 2 is 1.68 bits per heavy atom. The number of amides is 1. The fraction of sp³-hybridized carbons (Fsp3) is 0.240. The van der Waals surface area contributed by atoms with E-state index in [1.165, 1.54) is 24.3 Å². The van der Waals surface area contributed by atoms with Crippen LogP contribution < -0.4 is 19.5 Å². The number of aliphatic hydroxyl groups excluding tert-OH is 1. The molecule has 1 amide bonds. The first kappa shape index (κ1) is 24.5. The number of carbonyl (C=O) groups is 1. The molecule has 0 aliphatic heterocycles. The van der Waals surface area contributed by atoms with E-state index >= 15 is 0 Å². The molecule has 178 valence electrons. The molecule has 0 saturated heterocycles. The van der Waals surface area contributed by atoms with Crippen LogP contribution >= 0.6 is 0 Å². The third-order valence-corrected chi connectivity index (χ3v) is 4.80. The Kier molecular flexibility index (Phi) is 8.81. The number of ether oxygens (including phenoxy) is 3. The maximum absolute atomic E-state index is 12.6. The minimum Gasteiger partial charge on any atom is -0.490 e. The van der Waals surface area contributed by atoms with Gasteiger partial charge in [0, 0.05) is 24.2 Å². The van der Waals surface area contributed by atoms with Gasteiger partial charge in [-0.15, -0.1) is 0 Å². The van der Waals surface area contributed by atoms with Gasteiger partial charge in [0.25, 0.3) is 11.6 Å². The van der Waals surface area contributed by atoms with Gasteiger partial charge < -0.3 is 24.6 Å². The first-order valence-corrected chi connectivity index (χ1v) is 10.8. The summed E-state index contributed by atoms with van der Waals surface area (Å²) in [5.41, 5.74) is 0.729. The monoisotopic (exact) mass is 466 g/mol. The first-order valence-electron chi connectivity index (χ1n) is 10.8. The largest absolute Gasteiger partial charge is 0.490 e. The molecular weight excluding hydrogens is 440 g/mol. The van der Waals surface area contributed by atoms with E-state index < -0.39 is 16.9 Å². The smallest absolute Gasteiger partial charge is 0.269 e. The quantitative estimate of drug-likeness (QED) is 0.236. The summed E-state index contributed by atoms with van der Waals surface area (Å²) in [7, 11) is 0. The number of non-ortho nitro benzene ring substituents is 1. The van der Waals surface area contributed by atoms with Crippen LogP contribution in [0, 0.1) is 10.1 Å². The highest BCUT2D eigenvalue weighted by Gasteiger charge is 2.15. The summed E-state index contributed by atoms with van der Waals surface area (Å²) in [6, 6.07) is 19.7. The Balaban J connectivity index is 1.55. The molecule has 9 heteroatoms. The average Bonchev–Trinajstić information content (AvgIpc) is 2.86. The van der Waals surface area contributed by atoms with Gasteiger partial charge in [-0.25, -0.2) is 0 Å². The Morgan fingerprint density at radius 1 is 0.971 bits per heavy atom. The van der Waals surface area contributed by atoms with Gasteiger partial charge in [0.1, 0.15) is 19.0 Å². The number of aliphatic hydroxyl groups is 1. The maximum Gasteiger partial charge on any atom is 0.269 e. The van der Waals surface area contributed by atoms with Gasteiger partial charge in [-0.2, -0.15) is 0 Å². The Hall–Kier alpha value is -4.11. The normalized spacial score (nSPS) is 11.4. The number of hydrogen-bond donors (Lipinski definition) is 2. The van der Waals surface area contributed by atoms with E-state index in [0.29, 0.717) is 42.4 Å². The molecule has 0 saturated carbocycles. The van der Waals surface area contributed by atoms with Crippen molar-refractivity contribution in [2.75, 3.05) is 26.4 Å². The molecule has 0 heterocycles. The Morgan fingerprint density at radius 3 is 2.35 bits per heavy atom. The second-order valence-corrected chi connectivity index (χ2v) is 7.18. The minimum absolute atomic E-state index is 0.0598. The molecule has 3 rings (SSSR count). The number of hydrogen-bond acceptors (Lipinski definition) is 7. The lowest BCUT2D eigenvalue weighted by Gasteiger charge is -2.15. The number of para-hydroxylation sites is 1. The minimum atomic E-state index is -1.01.